The maximum absolute atomic E-state index is 12.1. The molecule has 20 heavy (non-hydrogen) atoms. The van der Waals surface area contributed by atoms with Crippen molar-refractivity contribution in [1.29, 1.82) is 0 Å². The van der Waals surface area contributed by atoms with Gasteiger partial charge in [-0.2, -0.15) is 0 Å². The summed E-state index contributed by atoms with van der Waals surface area (Å²) in [6.07, 6.45) is 3.18. The summed E-state index contributed by atoms with van der Waals surface area (Å²) in [5.41, 5.74) is 0. The van der Waals surface area contributed by atoms with E-state index in [2.05, 4.69) is 12.2 Å². The number of halogens is 1. The van der Waals surface area contributed by atoms with Gasteiger partial charge in [0.1, 0.15) is 5.76 Å². The molecule has 2 fully saturated rings. The van der Waals surface area contributed by atoms with Crippen molar-refractivity contribution in [2.45, 2.75) is 38.8 Å². The van der Waals surface area contributed by atoms with E-state index in [1.807, 2.05) is 11.0 Å². The van der Waals surface area contributed by atoms with E-state index in [-0.39, 0.29) is 0 Å². The standard InChI is InChI=1S/C15H21ClN2O2/c1-10-9-18(15(19)11-2-3-11)7-6-13(10)17-8-12-4-5-14(16)20-12/h4-5,10-11,13,17H,2-3,6-9H2,1H3/t10-,13-/m0/s1. The Hall–Kier alpha value is -1.00. The molecule has 1 amide bonds. The van der Waals surface area contributed by atoms with Gasteiger partial charge in [0.25, 0.3) is 0 Å². The van der Waals surface area contributed by atoms with E-state index >= 15 is 0 Å². The van der Waals surface area contributed by atoms with Crippen LogP contribution >= 0.6 is 11.6 Å². The van der Waals surface area contributed by atoms with Crippen molar-refractivity contribution < 1.29 is 9.21 Å². The van der Waals surface area contributed by atoms with Crippen LogP contribution in [-0.4, -0.2) is 29.9 Å². The zero-order valence-corrected chi connectivity index (χ0v) is 12.5. The number of rotatable bonds is 4. The van der Waals surface area contributed by atoms with Gasteiger partial charge in [-0.3, -0.25) is 4.79 Å². The molecule has 1 aliphatic heterocycles. The average molecular weight is 297 g/mol. The second-order valence-electron chi connectivity index (χ2n) is 6.02. The van der Waals surface area contributed by atoms with E-state index in [4.69, 9.17) is 16.0 Å². The minimum absolute atomic E-state index is 0.331. The van der Waals surface area contributed by atoms with E-state index in [9.17, 15) is 4.79 Å². The van der Waals surface area contributed by atoms with E-state index in [1.54, 1.807) is 6.07 Å². The quantitative estimate of drug-likeness (QED) is 0.929. The third kappa shape index (κ3) is 3.18. The summed E-state index contributed by atoms with van der Waals surface area (Å²) in [5, 5.41) is 3.95. The molecular formula is C15H21ClN2O2. The SMILES string of the molecule is C[C@H]1CN(C(=O)C2CC2)CC[C@@H]1NCc1ccc(Cl)o1. The lowest BCUT2D eigenvalue weighted by Gasteiger charge is -2.37. The number of nitrogens with one attached hydrogen (secondary N) is 1. The predicted octanol–water partition coefficient (Wildman–Crippen LogP) is 2.67. The maximum atomic E-state index is 12.1. The fraction of sp³-hybridized carbons (Fsp3) is 0.667. The zero-order chi connectivity index (χ0) is 14.1. The summed E-state index contributed by atoms with van der Waals surface area (Å²) in [6.45, 7) is 4.64. The van der Waals surface area contributed by atoms with Gasteiger partial charge < -0.3 is 14.6 Å². The molecule has 0 bridgehead atoms. The lowest BCUT2D eigenvalue weighted by atomic mass is 9.93. The maximum Gasteiger partial charge on any atom is 0.225 e. The summed E-state index contributed by atoms with van der Waals surface area (Å²) in [5.74, 6) is 2.03. The molecule has 3 rings (SSSR count). The highest BCUT2D eigenvalue weighted by Crippen LogP contribution is 2.32. The monoisotopic (exact) mass is 296 g/mol. The molecule has 0 unspecified atom stereocenters. The fourth-order valence-electron chi connectivity index (χ4n) is 2.92. The van der Waals surface area contributed by atoms with Crippen molar-refractivity contribution in [3.05, 3.63) is 23.1 Å². The van der Waals surface area contributed by atoms with Crippen LogP contribution in [0, 0.1) is 11.8 Å². The molecule has 0 aromatic carbocycles. The predicted molar refractivity (Wildman–Crippen MR) is 77.4 cm³/mol. The molecule has 1 saturated heterocycles. The average Bonchev–Trinajstić information content (AvgIpc) is 3.20. The summed E-state index contributed by atoms with van der Waals surface area (Å²) >= 11 is 5.76. The summed E-state index contributed by atoms with van der Waals surface area (Å²) in [7, 11) is 0. The molecule has 0 spiro atoms. The van der Waals surface area contributed by atoms with Crippen molar-refractivity contribution in [1.82, 2.24) is 10.2 Å². The largest absolute Gasteiger partial charge is 0.448 e. The topological polar surface area (TPSA) is 45.5 Å². The molecule has 110 valence electrons. The Morgan fingerprint density at radius 1 is 1.45 bits per heavy atom. The molecule has 1 aromatic rings. The molecule has 1 N–H and O–H groups in total. The van der Waals surface area contributed by atoms with Gasteiger partial charge in [-0.15, -0.1) is 0 Å². The van der Waals surface area contributed by atoms with Gasteiger partial charge in [-0.05, 0) is 48.9 Å². The number of hydrogen-bond donors (Lipinski definition) is 1. The normalized spacial score (nSPS) is 26.8. The number of furan rings is 1. The number of hydrogen-bond acceptors (Lipinski definition) is 3. The van der Waals surface area contributed by atoms with Crippen LogP contribution in [0.5, 0.6) is 0 Å². The van der Waals surface area contributed by atoms with Crippen molar-refractivity contribution >= 4 is 17.5 Å². The van der Waals surface area contributed by atoms with Gasteiger partial charge >= 0.3 is 0 Å². The number of carbonyl (C=O) groups is 1. The Morgan fingerprint density at radius 3 is 2.85 bits per heavy atom. The molecule has 4 nitrogen and oxygen atoms in total. The highest BCUT2D eigenvalue weighted by Gasteiger charge is 2.36. The lowest BCUT2D eigenvalue weighted by molar-refractivity contribution is -0.134. The van der Waals surface area contributed by atoms with Crippen LogP contribution in [0.3, 0.4) is 0 Å². The van der Waals surface area contributed by atoms with Crippen LogP contribution in [0.4, 0.5) is 0 Å². The number of amides is 1. The zero-order valence-electron chi connectivity index (χ0n) is 11.8. The highest BCUT2D eigenvalue weighted by atomic mass is 35.5. The van der Waals surface area contributed by atoms with Crippen LogP contribution in [0.25, 0.3) is 0 Å². The van der Waals surface area contributed by atoms with Gasteiger partial charge in [0, 0.05) is 25.0 Å². The minimum Gasteiger partial charge on any atom is -0.448 e. The smallest absolute Gasteiger partial charge is 0.225 e. The van der Waals surface area contributed by atoms with Crippen LogP contribution in [0.15, 0.2) is 16.5 Å². The fourth-order valence-corrected chi connectivity index (χ4v) is 3.08. The second-order valence-corrected chi connectivity index (χ2v) is 6.39. The Balaban J connectivity index is 1.48. The molecule has 1 saturated carbocycles. The minimum atomic E-state index is 0.331. The van der Waals surface area contributed by atoms with Crippen LogP contribution in [-0.2, 0) is 11.3 Å². The number of carbonyl (C=O) groups excluding carboxylic acids is 1. The molecule has 1 aromatic heterocycles. The van der Waals surface area contributed by atoms with E-state index < -0.39 is 0 Å². The Kier molecular flexibility index (Phi) is 4.03. The summed E-state index contributed by atoms with van der Waals surface area (Å²) in [4.78, 5) is 14.1. The third-order valence-electron chi connectivity index (χ3n) is 4.31. The number of nitrogens with zero attached hydrogens (tertiary/aromatic N) is 1. The molecule has 5 heteroatoms. The first kappa shape index (κ1) is 14.0. The number of piperidine rings is 1. The molecular weight excluding hydrogens is 276 g/mol. The summed E-state index contributed by atoms with van der Waals surface area (Å²) < 4.78 is 5.35. The first-order valence-corrected chi connectivity index (χ1v) is 7.77. The van der Waals surface area contributed by atoms with Gasteiger partial charge in [-0.1, -0.05) is 6.92 Å². The van der Waals surface area contributed by atoms with E-state index in [0.29, 0.717) is 35.5 Å². The van der Waals surface area contributed by atoms with E-state index in [1.165, 1.54) is 0 Å². The van der Waals surface area contributed by atoms with Crippen LogP contribution < -0.4 is 5.32 Å². The van der Waals surface area contributed by atoms with E-state index in [0.717, 1.165) is 38.1 Å². The lowest BCUT2D eigenvalue weighted by Crippen LogP contribution is -2.50. The Bertz CT molecular complexity index is 484. The third-order valence-corrected chi connectivity index (χ3v) is 4.51. The first-order valence-electron chi connectivity index (χ1n) is 7.40. The van der Waals surface area contributed by atoms with Gasteiger partial charge in [-0.25, -0.2) is 0 Å². The molecule has 2 atom stereocenters. The van der Waals surface area contributed by atoms with Gasteiger partial charge in [0.05, 0.1) is 6.54 Å². The van der Waals surface area contributed by atoms with Crippen molar-refractivity contribution in [3.8, 4) is 0 Å². The number of likely N-dealkylation sites (tertiary alicyclic amines) is 1. The van der Waals surface area contributed by atoms with Crippen LogP contribution in [0.1, 0.15) is 31.9 Å². The molecule has 2 heterocycles. The second kappa shape index (κ2) is 5.78. The Morgan fingerprint density at radius 2 is 2.25 bits per heavy atom. The van der Waals surface area contributed by atoms with Gasteiger partial charge in [0.2, 0.25) is 5.91 Å². The molecule has 2 aliphatic rings. The highest BCUT2D eigenvalue weighted by molar-refractivity contribution is 6.28. The van der Waals surface area contributed by atoms with Crippen LogP contribution in [0.2, 0.25) is 5.22 Å². The van der Waals surface area contributed by atoms with Crippen molar-refractivity contribution in [2.24, 2.45) is 11.8 Å². The summed E-state index contributed by atoms with van der Waals surface area (Å²) in [6, 6.07) is 4.09. The van der Waals surface area contributed by atoms with Crippen molar-refractivity contribution in [2.75, 3.05) is 13.1 Å². The van der Waals surface area contributed by atoms with Crippen molar-refractivity contribution in [3.63, 3.8) is 0 Å². The molecule has 0 radical (unpaired) electrons. The first-order chi connectivity index (χ1) is 9.63. The Labute approximate surface area is 124 Å². The molecule has 1 aliphatic carbocycles. The van der Waals surface area contributed by atoms with Gasteiger partial charge in [0.15, 0.2) is 5.22 Å².